The summed E-state index contributed by atoms with van der Waals surface area (Å²) in [6.45, 7) is 8.20. The molecule has 0 spiro atoms. The molecule has 6 heteroatoms. The largest absolute Gasteiger partial charge is 0.305 e. The van der Waals surface area contributed by atoms with E-state index in [9.17, 15) is 0 Å². The van der Waals surface area contributed by atoms with Gasteiger partial charge in [-0.2, -0.15) is 5.10 Å². The summed E-state index contributed by atoms with van der Waals surface area (Å²) >= 11 is 0. The van der Waals surface area contributed by atoms with Crippen LogP contribution in [0.25, 0.3) is 0 Å². The maximum absolute atomic E-state index is 4.45. The van der Waals surface area contributed by atoms with Gasteiger partial charge in [0.15, 0.2) is 0 Å². The summed E-state index contributed by atoms with van der Waals surface area (Å²) in [6, 6.07) is 0.102. The first kappa shape index (κ1) is 14.7. The van der Waals surface area contributed by atoms with Crippen molar-refractivity contribution >= 4 is 0 Å². The van der Waals surface area contributed by atoms with Crippen LogP contribution in [0.15, 0.2) is 12.4 Å². The van der Waals surface area contributed by atoms with Gasteiger partial charge in [-0.05, 0) is 26.3 Å². The summed E-state index contributed by atoms with van der Waals surface area (Å²) in [5.41, 5.74) is 3.35. The van der Waals surface area contributed by atoms with Crippen LogP contribution in [-0.4, -0.2) is 31.3 Å². The van der Waals surface area contributed by atoms with Crippen molar-refractivity contribution in [2.24, 2.45) is 7.05 Å². The van der Waals surface area contributed by atoms with Gasteiger partial charge in [0.1, 0.15) is 0 Å². The van der Waals surface area contributed by atoms with Gasteiger partial charge in [0.05, 0.1) is 23.6 Å². The molecular formula is C14H24N6. The highest BCUT2D eigenvalue weighted by molar-refractivity contribution is 5.28. The van der Waals surface area contributed by atoms with Crippen molar-refractivity contribution in [1.29, 1.82) is 0 Å². The minimum Gasteiger partial charge on any atom is -0.305 e. The van der Waals surface area contributed by atoms with E-state index in [0.29, 0.717) is 0 Å². The fourth-order valence-electron chi connectivity index (χ4n) is 2.44. The van der Waals surface area contributed by atoms with Crippen LogP contribution in [0.4, 0.5) is 0 Å². The molecule has 2 heterocycles. The van der Waals surface area contributed by atoms with Crippen LogP contribution in [-0.2, 0) is 13.6 Å². The summed E-state index contributed by atoms with van der Waals surface area (Å²) < 4.78 is 3.85. The third-order valence-corrected chi connectivity index (χ3v) is 3.34. The summed E-state index contributed by atoms with van der Waals surface area (Å²) in [5.74, 6) is 0. The van der Waals surface area contributed by atoms with Gasteiger partial charge in [-0.1, -0.05) is 19.1 Å². The smallest absolute Gasteiger partial charge is 0.0803 e. The number of aromatic nitrogens is 5. The molecule has 0 aromatic carbocycles. The molecule has 0 radical (unpaired) electrons. The molecular weight excluding hydrogens is 252 g/mol. The van der Waals surface area contributed by atoms with Gasteiger partial charge < -0.3 is 5.32 Å². The Morgan fingerprint density at radius 3 is 2.70 bits per heavy atom. The van der Waals surface area contributed by atoms with Crippen LogP contribution in [0.3, 0.4) is 0 Å². The van der Waals surface area contributed by atoms with E-state index in [1.165, 1.54) is 5.56 Å². The van der Waals surface area contributed by atoms with Crippen LogP contribution in [0, 0.1) is 6.92 Å². The third kappa shape index (κ3) is 3.07. The Labute approximate surface area is 120 Å². The van der Waals surface area contributed by atoms with Crippen molar-refractivity contribution in [2.75, 3.05) is 6.54 Å². The molecule has 0 aliphatic carbocycles. The SMILES string of the molecule is CCCNC(c1cn(C)nc1C)c1cnnn1CCC. The lowest BCUT2D eigenvalue weighted by Crippen LogP contribution is -2.26. The van der Waals surface area contributed by atoms with Gasteiger partial charge in [-0.25, -0.2) is 4.68 Å². The number of hydrogen-bond acceptors (Lipinski definition) is 4. The van der Waals surface area contributed by atoms with Crippen molar-refractivity contribution in [3.05, 3.63) is 29.3 Å². The second kappa shape index (κ2) is 6.65. The zero-order valence-corrected chi connectivity index (χ0v) is 12.8. The highest BCUT2D eigenvalue weighted by Crippen LogP contribution is 2.23. The molecule has 2 rings (SSSR count). The van der Waals surface area contributed by atoms with Crippen LogP contribution >= 0.6 is 0 Å². The second-order valence-corrected chi connectivity index (χ2v) is 5.11. The van der Waals surface area contributed by atoms with Gasteiger partial charge in [0.25, 0.3) is 0 Å². The molecule has 0 aliphatic heterocycles. The number of hydrogen-bond donors (Lipinski definition) is 1. The van der Waals surface area contributed by atoms with Gasteiger partial charge >= 0.3 is 0 Å². The minimum atomic E-state index is 0.102. The summed E-state index contributed by atoms with van der Waals surface area (Å²) in [7, 11) is 1.95. The lowest BCUT2D eigenvalue weighted by molar-refractivity contribution is 0.503. The lowest BCUT2D eigenvalue weighted by atomic mass is 10.0. The highest BCUT2D eigenvalue weighted by Gasteiger charge is 2.22. The van der Waals surface area contributed by atoms with Crippen molar-refractivity contribution in [3.8, 4) is 0 Å². The Balaban J connectivity index is 2.36. The Kier molecular flexibility index (Phi) is 4.89. The Bertz CT molecular complexity index is 542. The quantitative estimate of drug-likeness (QED) is 0.838. The molecule has 0 saturated carbocycles. The average molecular weight is 276 g/mol. The fourth-order valence-corrected chi connectivity index (χ4v) is 2.44. The molecule has 1 atom stereocenters. The van der Waals surface area contributed by atoms with Crippen LogP contribution in [0.1, 0.15) is 49.7 Å². The second-order valence-electron chi connectivity index (χ2n) is 5.11. The van der Waals surface area contributed by atoms with Crippen molar-refractivity contribution in [1.82, 2.24) is 30.1 Å². The molecule has 2 aromatic rings. The van der Waals surface area contributed by atoms with E-state index in [0.717, 1.165) is 37.3 Å². The van der Waals surface area contributed by atoms with Crippen LogP contribution < -0.4 is 5.32 Å². The monoisotopic (exact) mass is 276 g/mol. The number of nitrogens with zero attached hydrogens (tertiary/aromatic N) is 5. The maximum Gasteiger partial charge on any atom is 0.0803 e. The Hall–Kier alpha value is -1.69. The summed E-state index contributed by atoms with van der Waals surface area (Å²) in [5, 5.41) is 16.3. The molecule has 0 amide bonds. The highest BCUT2D eigenvalue weighted by atomic mass is 15.4. The molecule has 1 unspecified atom stereocenters. The van der Waals surface area contributed by atoms with Crippen molar-refractivity contribution < 1.29 is 0 Å². The van der Waals surface area contributed by atoms with E-state index in [-0.39, 0.29) is 6.04 Å². The number of aryl methyl sites for hydroxylation is 3. The fraction of sp³-hybridized carbons (Fsp3) is 0.643. The number of nitrogens with one attached hydrogen (secondary N) is 1. The minimum absolute atomic E-state index is 0.102. The normalized spacial score (nSPS) is 12.8. The van der Waals surface area contributed by atoms with E-state index in [4.69, 9.17) is 0 Å². The molecule has 0 saturated heterocycles. The Morgan fingerprint density at radius 2 is 2.10 bits per heavy atom. The standard InChI is InChI=1S/C14H24N6/c1-5-7-15-14(12-10-19(4)17-11(12)3)13-9-16-18-20(13)8-6-2/h9-10,14-15H,5-8H2,1-4H3. The molecule has 0 bridgehead atoms. The van der Waals surface area contributed by atoms with Crippen molar-refractivity contribution in [3.63, 3.8) is 0 Å². The predicted octanol–water partition coefficient (Wildman–Crippen LogP) is 1.82. The zero-order valence-electron chi connectivity index (χ0n) is 12.8. The topological polar surface area (TPSA) is 60.6 Å². The molecule has 110 valence electrons. The molecule has 0 fully saturated rings. The molecule has 20 heavy (non-hydrogen) atoms. The van der Waals surface area contributed by atoms with E-state index in [2.05, 4.69) is 40.8 Å². The summed E-state index contributed by atoms with van der Waals surface area (Å²) in [6.07, 6.45) is 6.06. The van der Waals surface area contributed by atoms with E-state index < -0.39 is 0 Å². The molecule has 0 aliphatic rings. The summed E-state index contributed by atoms with van der Waals surface area (Å²) in [4.78, 5) is 0. The molecule has 6 nitrogen and oxygen atoms in total. The van der Waals surface area contributed by atoms with E-state index >= 15 is 0 Å². The third-order valence-electron chi connectivity index (χ3n) is 3.34. The zero-order chi connectivity index (χ0) is 14.5. The van der Waals surface area contributed by atoms with E-state index in [1.807, 2.05) is 29.5 Å². The Morgan fingerprint density at radius 1 is 1.30 bits per heavy atom. The van der Waals surface area contributed by atoms with Gasteiger partial charge in [-0.3, -0.25) is 4.68 Å². The molecule has 2 aromatic heterocycles. The molecule has 1 N–H and O–H groups in total. The lowest BCUT2D eigenvalue weighted by Gasteiger charge is -2.18. The maximum atomic E-state index is 4.45. The van der Waals surface area contributed by atoms with Crippen molar-refractivity contribution in [2.45, 2.75) is 46.2 Å². The van der Waals surface area contributed by atoms with Gasteiger partial charge in [0.2, 0.25) is 0 Å². The van der Waals surface area contributed by atoms with Gasteiger partial charge in [0, 0.05) is 25.4 Å². The first-order valence-corrected chi connectivity index (χ1v) is 7.29. The average Bonchev–Trinajstić information content (AvgIpc) is 2.99. The van der Waals surface area contributed by atoms with E-state index in [1.54, 1.807) is 0 Å². The van der Waals surface area contributed by atoms with Crippen LogP contribution in [0.2, 0.25) is 0 Å². The first-order valence-electron chi connectivity index (χ1n) is 7.29. The first-order chi connectivity index (χ1) is 9.67. The number of rotatable bonds is 7. The van der Waals surface area contributed by atoms with Gasteiger partial charge in [-0.15, -0.1) is 5.10 Å². The predicted molar refractivity (Wildman–Crippen MR) is 78.4 cm³/mol. The van der Waals surface area contributed by atoms with Crippen LogP contribution in [0.5, 0.6) is 0 Å².